The van der Waals surface area contributed by atoms with E-state index in [0.717, 1.165) is 18.7 Å². The van der Waals surface area contributed by atoms with Gasteiger partial charge < -0.3 is 4.90 Å². The highest BCUT2D eigenvalue weighted by Gasteiger charge is 2.06. The fourth-order valence-corrected chi connectivity index (χ4v) is 2.29. The van der Waals surface area contributed by atoms with Crippen LogP contribution in [0.25, 0.3) is 0 Å². The first-order valence-corrected chi connectivity index (χ1v) is 7.48. The Morgan fingerprint density at radius 3 is 2.48 bits per heavy atom. The minimum absolute atomic E-state index is 0.959. The summed E-state index contributed by atoms with van der Waals surface area (Å²) in [6.45, 7) is 7.38. The molecule has 0 spiro atoms. The number of rotatable bonds is 5. The smallest absolute Gasteiger partial charge is 0.0909 e. The number of nitrogens with zero attached hydrogens (tertiary/aromatic N) is 2. The predicted octanol–water partition coefficient (Wildman–Crippen LogP) is 4.51. The summed E-state index contributed by atoms with van der Waals surface area (Å²) in [5.41, 5.74) is 6.29. The van der Waals surface area contributed by atoms with E-state index < -0.39 is 0 Å². The average molecular weight is 280 g/mol. The van der Waals surface area contributed by atoms with Crippen molar-refractivity contribution < 1.29 is 0 Å². The van der Waals surface area contributed by atoms with E-state index in [1.807, 2.05) is 13.4 Å². The molecule has 0 atom stereocenters. The molecule has 0 heterocycles. The van der Waals surface area contributed by atoms with Crippen molar-refractivity contribution in [3.05, 3.63) is 64.7 Å². The molecule has 0 aromatic heterocycles. The Balaban J connectivity index is 2.30. The Hall–Kier alpha value is -2.09. The quantitative estimate of drug-likeness (QED) is 0.581. The van der Waals surface area contributed by atoms with Crippen molar-refractivity contribution in [1.82, 2.24) is 4.90 Å². The Morgan fingerprint density at radius 1 is 1.10 bits per heavy atom. The lowest BCUT2D eigenvalue weighted by Gasteiger charge is -2.12. The zero-order chi connectivity index (χ0) is 15.2. The topological polar surface area (TPSA) is 15.6 Å². The number of aryl methyl sites for hydroxylation is 1. The van der Waals surface area contributed by atoms with E-state index in [2.05, 4.69) is 73.1 Å². The van der Waals surface area contributed by atoms with Gasteiger partial charge in [0, 0.05) is 13.6 Å². The van der Waals surface area contributed by atoms with Gasteiger partial charge in [-0.25, -0.2) is 4.99 Å². The monoisotopic (exact) mass is 280 g/mol. The van der Waals surface area contributed by atoms with Gasteiger partial charge >= 0.3 is 0 Å². The van der Waals surface area contributed by atoms with Gasteiger partial charge in [0.2, 0.25) is 0 Å². The molecule has 0 aliphatic carbocycles. The van der Waals surface area contributed by atoms with Crippen LogP contribution in [0.1, 0.15) is 29.2 Å². The Morgan fingerprint density at radius 2 is 1.81 bits per heavy atom. The van der Waals surface area contributed by atoms with Crippen LogP contribution in [0.2, 0.25) is 0 Å². The molecule has 0 saturated heterocycles. The average Bonchev–Trinajstić information content (AvgIpc) is 2.49. The summed E-state index contributed by atoms with van der Waals surface area (Å²) in [6.07, 6.45) is 2.87. The van der Waals surface area contributed by atoms with Crippen LogP contribution in [-0.4, -0.2) is 24.8 Å². The maximum Gasteiger partial charge on any atom is 0.0909 e. The van der Waals surface area contributed by atoms with E-state index in [4.69, 9.17) is 0 Å². The summed E-state index contributed by atoms with van der Waals surface area (Å²) in [5.74, 6) is 0. The molecule has 0 aliphatic heterocycles. The number of hydrogen-bond donors (Lipinski definition) is 0. The fourth-order valence-electron chi connectivity index (χ4n) is 2.29. The van der Waals surface area contributed by atoms with Crippen molar-refractivity contribution in [2.45, 2.75) is 27.2 Å². The van der Waals surface area contributed by atoms with Crippen molar-refractivity contribution in [3.63, 3.8) is 0 Å². The fraction of sp³-hybridized carbons (Fsp3) is 0.316. The second-order valence-corrected chi connectivity index (χ2v) is 5.55. The minimum atomic E-state index is 0.959. The molecule has 2 rings (SSSR count). The van der Waals surface area contributed by atoms with Gasteiger partial charge in [0.25, 0.3) is 0 Å². The van der Waals surface area contributed by atoms with Gasteiger partial charge in [-0.3, -0.25) is 0 Å². The summed E-state index contributed by atoms with van der Waals surface area (Å²) in [5, 5.41) is 0. The second kappa shape index (κ2) is 7.07. The highest BCUT2D eigenvalue weighted by molar-refractivity contribution is 5.64. The van der Waals surface area contributed by atoms with Crippen LogP contribution in [0.4, 0.5) is 5.69 Å². The lowest BCUT2D eigenvalue weighted by molar-refractivity contribution is 0.552. The lowest BCUT2D eigenvalue weighted by atomic mass is 9.97. The molecule has 0 unspecified atom stereocenters. The van der Waals surface area contributed by atoms with Crippen LogP contribution in [0.15, 0.2) is 47.5 Å². The number of benzene rings is 2. The maximum absolute atomic E-state index is 4.64. The minimum Gasteiger partial charge on any atom is -0.366 e. The molecule has 2 aromatic rings. The van der Waals surface area contributed by atoms with Crippen LogP contribution < -0.4 is 0 Å². The van der Waals surface area contributed by atoms with Crippen molar-refractivity contribution >= 4 is 12.0 Å². The van der Waals surface area contributed by atoms with Gasteiger partial charge in [0.15, 0.2) is 0 Å². The standard InChI is InChI=1S/C19H24N2/c1-5-21(4)14-20-19-12-15(2)11-18(16(19)3)13-17-9-7-6-8-10-17/h6-12,14H,5,13H2,1-4H3. The van der Waals surface area contributed by atoms with E-state index >= 15 is 0 Å². The molecule has 0 saturated carbocycles. The normalized spacial score (nSPS) is 11.0. The third kappa shape index (κ3) is 4.19. The van der Waals surface area contributed by atoms with Crippen LogP contribution >= 0.6 is 0 Å². The van der Waals surface area contributed by atoms with Gasteiger partial charge in [-0.2, -0.15) is 0 Å². The molecule has 0 bridgehead atoms. The van der Waals surface area contributed by atoms with Gasteiger partial charge in [0.1, 0.15) is 0 Å². The largest absolute Gasteiger partial charge is 0.366 e. The molecule has 110 valence electrons. The van der Waals surface area contributed by atoms with E-state index in [0.29, 0.717) is 0 Å². The lowest BCUT2D eigenvalue weighted by Crippen LogP contribution is -2.14. The third-order valence-corrected chi connectivity index (χ3v) is 3.76. The van der Waals surface area contributed by atoms with Crippen LogP contribution in [0, 0.1) is 13.8 Å². The molecule has 21 heavy (non-hydrogen) atoms. The first-order valence-electron chi connectivity index (χ1n) is 7.48. The highest BCUT2D eigenvalue weighted by Crippen LogP contribution is 2.26. The summed E-state index contributed by atoms with van der Waals surface area (Å²) < 4.78 is 0. The SMILES string of the molecule is CCN(C)C=Nc1cc(C)cc(Cc2ccccc2)c1C. The zero-order valence-electron chi connectivity index (χ0n) is 13.4. The van der Waals surface area contributed by atoms with Crippen LogP contribution in [0.5, 0.6) is 0 Å². The van der Waals surface area contributed by atoms with Gasteiger partial charge in [-0.05, 0) is 55.5 Å². The predicted molar refractivity (Wildman–Crippen MR) is 91.6 cm³/mol. The van der Waals surface area contributed by atoms with Crippen molar-refractivity contribution in [1.29, 1.82) is 0 Å². The molecule has 0 radical (unpaired) electrons. The van der Waals surface area contributed by atoms with Crippen molar-refractivity contribution in [3.8, 4) is 0 Å². The molecule has 0 fully saturated rings. The Bertz CT molecular complexity index is 615. The number of aliphatic imine (C=N–C) groups is 1. The molecule has 2 nitrogen and oxygen atoms in total. The van der Waals surface area contributed by atoms with Crippen LogP contribution in [-0.2, 0) is 6.42 Å². The summed E-state index contributed by atoms with van der Waals surface area (Å²) in [6, 6.07) is 15.0. The molecule has 2 aromatic carbocycles. The first-order chi connectivity index (χ1) is 10.1. The molecule has 0 aliphatic rings. The highest BCUT2D eigenvalue weighted by atomic mass is 15.1. The second-order valence-electron chi connectivity index (χ2n) is 5.55. The molecular weight excluding hydrogens is 256 g/mol. The summed E-state index contributed by atoms with van der Waals surface area (Å²) in [7, 11) is 2.04. The van der Waals surface area contributed by atoms with Crippen molar-refractivity contribution in [2.24, 2.45) is 4.99 Å². The molecule has 0 N–H and O–H groups in total. The van der Waals surface area contributed by atoms with Crippen LogP contribution in [0.3, 0.4) is 0 Å². The van der Waals surface area contributed by atoms with Gasteiger partial charge in [0.05, 0.1) is 12.0 Å². The van der Waals surface area contributed by atoms with Crippen molar-refractivity contribution in [2.75, 3.05) is 13.6 Å². The number of hydrogen-bond acceptors (Lipinski definition) is 1. The maximum atomic E-state index is 4.64. The molecule has 2 heteroatoms. The van der Waals surface area contributed by atoms with E-state index in [1.165, 1.54) is 22.3 Å². The summed E-state index contributed by atoms with van der Waals surface area (Å²) >= 11 is 0. The Labute approximate surface area is 128 Å². The molecular formula is C19H24N2. The van der Waals surface area contributed by atoms with E-state index in [1.54, 1.807) is 0 Å². The van der Waals surface area contributed by atoms with E-state index in [-0.39, 0.29) is 0 Å². The van der Waals surface area contributed by atoms with Gasteiger partial charge in [-0.1, -0.05) is 36.4 Å². The molecule has 0 amide bonds. The third-order valence-electron chi connectivity index (χ3n) is 3.76. The van der Waals surface area contributed by atoms with E-state index in [9.17, 15) is 0 Å². The first kappa shape index (κ1) is 15.3. The zero-order valence-corrected chi connectivity index (χ0v) is 13.4. The summed E-state index contributed by atoms with van der Waals surface area (Å²) in [4.78, 5) is 6.72. The Kier molecular flexibility index (Phi) is 5.15. The van der Waals surface area contributed by atoms with Gasteiger partial charge in [-0.15, -0.1) is 0 Å².